The van der Waals surface area contributed by atoms with Crippen LogP contribution >= 0.6 is 0 Å². The van der Waals surface area contributed by atoms with E-state index in [0.29, 0.717) is 24.0 Å². The van der Waals surface area contributed by atoms with E-state index in [1.165, 1.54) is 0 Å². The number of carboxylic acids is 1. The number of Topliss-reactive ketones (excluding diaryl/α,β-unsaturated/α-hetero) is 1. The first-order valence-electron chi connectivity index (χ1n) is 8.65. The second kappa shape index (κ2) is 7.38. The molecular weight excluding hydrogens is 320 g/mol. The molecule has 2 aliphatic rings. The zero-order valence-corrected chi connectivity index (χ0v) is 15.2. The Morgan fingerprint density at radius 1 is 1.40 bits per heavy atom. The lowest BCUT2D eigenvalue weighted by Crippen LogP contribution is -2.47. The molecule has 0 aromatic heterocycles. The van der Waals surface area contributed by atoms with Crippen molar-refractivity contribution in [2.75, 3.05) is 0 Å². The summed E-state index contributed by atoms with van der Waals surface area (Å²) in [4.78, 5) is 35.9. The molecule has 2 aliphatic carbocycles. The number of carboxylic acid groups (broad SMARTS) is 1. The van der Waals surface area contributed by atoms with Crippen LogP contribution in [0, 0.1) is 23.7 Å². The molecule has 5 atom stereocenters. The maximum Gasteiger partial charge on any atom is 0.333 e. The van der Waals surface area contributed by atoms with Crippen molar-refractivity contribution < 1.29 is 24.2 Å². The summed E-state index contributed by atoms with van der Waals surface area (Å²) in [5.41, 5.74) is 1.17. The van der Waals surface area contributed by atoms with Gasteiger partial charge in [-0.3, -0.25) is 4.79 Å². The molecule has 5 heteroatoms. The van der Waals surface area contributed by atoms with Gasteiger partial charge in [0.05, 0.1) is 0 Å². The van der Waals surface area contributed by atoms with Crippen molar-refractivity contribution in [1.82, 2.24) is 0 Å². The lowest BCUT2D eigenvalue weighted by molar-refractivity contribution is -0.154. The summed E-state index contributed by atoms with van der Waals surface area (Å²) in [5, 5.41) is 9.48. The third-order valence-corrected chi connectivity index (χ3v) is 5.64. The fraction of sp³-hybridized carbons (Fsp3) is 0.550. The van der Waals surface area contributed by atoms with Crippen LogP contribution in [0.5, 0.6) is 0 Å². The van der Waals surface area contributed by atoms with Gasteiger partial charge in [0.2, 0.25) is 0 Å². The molecule has 0 aliphatic heterocycles. The maximum absolute atomic E-state index is 12.2. The van der Waals surface area contributed by atoms with E-state index in [1.807, 2.05) is 13.0 Å². The van der Waals surface area contributed by atoms with E-state index in [9.17, 15) is 19.5 Å². The average Bonchev–Trinajstić information content (AvgIpc) is 2.55. The molecule has 0 saturated heterocycles. The number of fused-ring (bicyclic) bond motifs is 1. The van der Waals surface area contributed by atoms with E-state index in [4.69, 9.17) is 4.74 Å². The summed E-state index contributed by atoms with van der Waals surface area (Å²) in [5.74, 6) is -1.90. The van der Waals surface area contributed by atoms with Gasteiger partial charge < -0.3 is 9.84 Å². The van der Waals surface area contributed by atoms with Crippen LogP contribution in [-0.4, -0.2) is 28.9 Å². The average molecular weight is 346 g/mol. The highest BCUT2D eigenvalue weighted by atomic mass is 16.5. The fourth-order valence-electron chi connectivity index (χ4n) is 3.97. The predicted molar refractivity (Wildman–Crippen MR) is 93.7 cm³/mol. The largest absolute Gasteiger partial charge is 0.478 e. The van der Waals surface area contributed by atoms with E-state index in [1.54, 1.807) is 26.8 Å². The van der Waals surface area contributed by atoms with E-state index >= 15 is 0 Å². The molecule has 0 spiro atoms. The fourth-order valence-corrected chi connectivity index (χ4v) is 3.97. The lowest BCUT2D eigenvalue weighted by atomic mass is 9.60. The van der Waals surface area contributed by atoms with Crippen molar-refractivity contribution in [3.8, 4) is 0 Å². The van der Waals surface area contributed by atoms with E-state index in [-0.39, 0.29) is 29.1 Å². The number of carbonyl (C=O) groups is 3. The van der Waals surface area contributed by atoms with Crippen LogP contribution in [0.15, 0.2) is 35.5 Å². The highest BCUT2D eigenvalue weighted by Gasteiger charge is 2.48. The smallest absolute Gasteiger partial charge is 0.333 e. The number of allylic oxidation sites excluding steroid dienone is 3. The number of hydrogen-bond donors (Lipinski definition) is 1. The number of rotatable bonds is 4. The number of carbonyl (C=O) groups excluding carboxylic acids is 2. The molecule has 0 radical (unpaired) electrons. The number of aliphatic carboxylic acids is 1. The Balaban J connectivity index is 2.41. The Labute approximate surface area is 148 Å². The Bertz CT molecular complexity index is 670. The van der Waals surface area contributed by atoms with E-state index in [2.05, 4.69) is 6.58 Å². The summed E-state index contributed by atoms with van der Waals surface area (Å²) in [6.07, 6.45) is 3.91. The van der Waals surface area contributed by atoms with Crippen LogP contribution in [0.3, 0.4) is 0 Å². The normalized spacial score (nSPS) is 32.5. The summed E-state index contributed by atoms with van der Waals surface area (Å²) in [6, 6.07) is 0. The van der Waals surface area contributed by atoms with Crippen molar-refractivity contribution in [2.45, 2.75) is 46.6 Å². The highest BCUT2D eigenvalue weighted by molar-refractivity contribution is 5.96. The first-order valence-corrected chi connectivity index (χ1v) is 8.65. The van der Waals surface area contributed by atoms with Gasteiger partial charge >= 0.3 is 11.9 Å². The molecule has 0 aromatic carbocycles. The van der Waals surface area contributed by atoms with Gasteiger partial charge in [-0.1, -0.05) is 25.7 Å². The molecule has 136 valence electrons. The third kappa shape index (κ3) is 3.75. The first-order chi connectivity index (χ1) is 11.7. The Morgan fingerprint density at radius 3 is 2.60 bits per heavy atom. The molecule has 1 saturated carbocycles. The van der Waals surface area contributed by atoms with Crippen LogP contribution in [-0.2, 0) is 19.1 Å². The van der Waals surface area contributed by atoms with Crippen LogP contribution in [0.1, 0.15) is 40.5 Å². The molecule has 2 rings (SSSR count). The van der Waals surface area contributed by atoms with Gasteiger partial charge in [-0.2, -0.15) is 0 Å². The standard InChI is InChI=1S/C20H26O5/c1-6-10(2)20(24)25-17-8-11(3)14-9-16(21)12(4)7-15(14)18(17)13(5)19(22)23/h6-7,11,14-15,17-18H,5,8-9H2,1-4H3,(H,22,23)/b10-6-/t11-,14+,15+,17-,18-/m0/s1. The molecule has 0 aromatic rings. The minimum absolute atomic E-state index is 0.0382. The van der Waals surface area contributed by atoms with Gasteiger partial charge in [0, 0.05) is 23.5 Å². The molecular formula is C20H26O5. The predicted octanol–water partition coefficient (Wildman–Crippen LogP) is 3.31. The molecule has 5 nitrogen and oxygen atoms in total. The SMILES string of the molecule is C=C(C(=O)O)[C@H]1[C@@H]2C=C(C)C(=O)C[C@@H]2[C@@H](C)C[C@@H]1OC(=O)/C(C)=C\C. The van der Waals surface area contributed by atoms with Gasteiger partial charge in [-0.05, 0) is 50.5 Å². The summed E-state index contributed by atoms with van der Waals surface area (Å²) in [6.45, 7) is 10.9. The number of hydrogen-bond acceptors (Lipinski definition) is 4. The minimum atomic E-state index is -1.09. The third-order valence-electron chi connectivity index (χ3n) is 5.64. The van der Waals surface area contributed by atoms with Crippen molar-refractivity contribution in [3.05, 3.63) is 35.5 Å². The van der Waals surface area contributed by atoms with Crippen molar-refractivity contribution >= 4 is 17.7 Å². The summed E-state index contributed by atoms with van der Waals surface area (Å²) < 4.78 is 5.66. The molecule has 0 heterocycles. The van der Waals surface area contributed by atoms with Crippen LogP contribution in [0.4, 0.5) is 0 Å². The zero-order chi connectivity index (χ0) is 18.9. The van der Waals surface area contributed by atoms with Gasteiger partial charge in [0.25, 0.3) is 0 Å². The second-order valence-corrected chi connectivity index (χ2v) is 7.20. The first kappa shape index (κ1) is 19.2. The van der Waals surface area contributed by atoms with Gasteiger partial charge in [0.1, 0.15) is 6.10 Å². The van der Waals surface area contributed by atoms with Gasteiger partial charge in [-0.15, -0.1) is 0 Å². The summed E-state index contributed by atoms with van der Waals surface area (Å²) in [7, 11) is 0. The highest BCUT2D eigenvalue weighted by Crippen LogP contribution is 2.48. The summed E-state index contributed by atoms with van der Waals surface area (Å²) >= 11 is 0. The van der Waals surface area contributed by atoms with Crippen molar-refractivity contribution in [1.29, 1.82) is 0 Å². The monoisotopic (exact) mass is 346 g/mol. The van der Waals surface area contributed by atoms with Crippen molar-refractivity contribution in [3.63, 3.8) is 0 Å². The Morgan fingerprint density at radius 2 is 2.04 bits per heavy atom. The lowest BCUT2D eigenvalue weighted by Gasteiger charge is -2.46. The minimum Gasteiger partial charge on any atom is -0.478 e. The number of esters is 1. The van der Waals surface area contributed by atoms with Gasteiger partial charge in [0.15, 0.2) is 5.78 Å². The topological polar surface area (TPSA) is 80.7 Å². The molecule has 0 amide bonds. The second-order valence-electron chi connectivity index (χ2n) is 7.20. The van der Waals surface area contributed by atoms with Crippen molar-refractivity contribution in [2.24, 2.45) is 23.7 Å². The molecule has 25 heavy (non-hydrogen) atoms. The molecule has 0 unspecified atom stereocenters. The maximum atomic E-state index is 12.2. The Hall–Kier alpha value is -2.17. The zero-order valence-electron chi connectivity index (χ0n) is 15.2. The Kier molecular flexibility index (Phi) is 5.65. The molecule has 0 bridgehead atoms. The quantitative estimate of drug-likeness (QED) is 0.624. The van der Waals surface area contributed by atoms with Crippen LogP contribution in [0.2, 0.25) is 0 Å². The van der Waals surface area contributed by atoms with Gasteiger partial charge in [-0.25, -0.2) is 9.59 Å². The molecule has 1 fully saturated rings. The number of ketones is 1. The molecule has 1 N–H and O–H groups in total. The van der Waals surface area contributed by atoms with E-state index < -0.39 is 24.0 Å². The van der Waals surface area contributed by atoms with Crippen LogP contribution < -0.4 is 0 Å². The number of ether oxygens (including phenoxy) is 1. The van der Waals surface area contributed by atoms with Crippen LogP contribution in [0.25, 0.3) is 0 Å². The van der Waals surface area contributed by atoms with E-state index in [0.717, 1.165) is 0 Å².